The van der Waals surface area contributed by atoms with Gasteiger partial charge in [-0.25, -0.2) is 0 Å². The molecule has 0 amide bonds. The fourth-order valence-corrected chi connectivity index (χ4v) is 6.05. The third-order valence-corrected chi connectivity index (χ3v) is 7.37. The molecule has 27 heavy (non-hydrogen) atoms. The first-order valence-electron chi connectivity index (χ1n) is 8.18. The van der Waals surface area contributed by atoms with Crippen LogP contribution in [0.2, 0.25) is 0 Å². The van der Waals surface area contributed by atoms with Crippen molar-refractivity contribution >= 4 is 48.2 Å². The van der Waals surface area contributed by atoms with Gasteiger partial charge in [-0.15, -0.1) is 0 Å². The van der Waals surface area contributed by atoms with Gasteiger partial charge in [0.15, 0.2) is 20.1 Å². The van der Waals surface area contributed by atoms with E-state index in [1.54, 1.807) is 19.1 Å². The number of ketones is 1. The van der Waals surface area contributed by atoms with Crippen LogP contribution >= 0.6 is 22.2 Å². The molecule has 0 bridgehead atoms. The van der Waals surface area contributed by atoms with E-state index in [1.807, 2.05) is 42.5 Å². The molecule has 6 heteroatoms. The first-order valence-corrected chi connectivity index (χ1v) is 10.2. The highest BCUT2D eigenvalue weighted by atomic mass is 32.2. The zero-order valence-electron chi connectivity index (χ0n) is 14.2. The first-order chi connectivity index (χ1) is 12.8. The van der Waals surface area contributed by atoms with Gasteiger partial charge in [-0.1, -0.05) is 12.1 Å². The second kappa shape index (κ2) is 6.69. The van der Waals surface area contributed by atoms with Gasteiger partial charge >= 0.3 is 5.51 Å². The molecule has 0 aliphatic carbocycles. The Kier molecular flexibility index (Phi) is 4.48. The van der Waals surface area contributed by atoms with Crippen molar-refractivity contribution in [3.05, 3.63) is 72.3 Å². The Balaban J connectivity index is 1.91. The minimum absolute atomic E-state index is 0.00981. The lowest BCUT2D eigenvalue weighted by atomic mass is 10.1. The zero-order valence-corrected chi connectivity index (χ0v) is 15.8. The van der Waals surface area contributed by atoms with Crippen molar-refractivity contribution in [2.45, 2.75) is 17.3 Å². The number of thioether (sulfide) groups is 1. The summed E-state index contributed by atoms with van der Waals surface area (Å²) in [6.45, 7) is 1.54. The van der Waals surface area contributed by atoms with Crippen molar-refractivity contribution in [1.29, 1.82) is 0 Å². The van der Waals surface area contributed by atoms with Gasteiger partial charge in [-0.3, -0.25) is 4.79 Å². The zero-order chi connectivity index (χ0) is 19.2. The van der Waals surface area contributed by atoms with Crippen molar-refractivity contribution in [2.75, 3.05) is 0 Å². The molecule has 3 aromatic carbocycles. The van der Waals surface area contributed by atoms with Crippen LogP contribution in [0.1, 0.15) is 17.3 Å². The summed E-state index contributed by atoms with van der Waals surface area (Å²) in [7, 11) is -0.395. The van der Waals surface area contributed by atoms with Crippen LogP contribution in [-0.2, 0) is 0 Å². The van der Waals surface area contributed by atoms with Crippen LogP contribution in [0.25, 0.3) is 25.1 Å². The summed E-state index contributed by atoms with van der Waals surface area (Å²) in [5.74, 6) is 0.00981. The van der Waals surface area contributed by atoms with Crippen LogP contribution in [0, 0.1) is 0 Å². The molecular weight excluding hydrogens is 389 g/mol. The van der Waals surface area contributed by atoms with E-state index < -0.39 is 16.0 Å². The van der Waals surface area contributed by atoms with Crippen molar-refractivity contribution in [2.24, 2.45) is 0 Å². The Morgan fingerprint density at radius 3 is 2.22 bits per heavy atom. The van der Waals surface area contributed by atoms with E-state index in [4.69, 9.17) is 0 Å². The summed E-state index contributed by atoms with van der Waals surface area (Å²) >= 11 is -0.106. The van der Waals surface area contributed by atoms with Gasteiger partial charge in [-0.05, 0) is 73.3 Å². The van der Waals surface area contributed by atoms with E-state index in [0.29, 0.717) is 5.56 Å². The summed E-state index contributed by atoms with van der Waals surface area (Å²) in [6, 6.07) is 20.3. The molecule has 4 aromatic rings. The molecule has 4 rings (SSSR count). The molecule has 136 valence electrons. The average Bonchev–Trinajstić information content (AvgIpc) is 2.95. The molecule has 0 aliphatic rings. The number of carbonyl (C=O) groups excluding carboxylic acids is 1. The monoisotopic (exact) mass is 403 g/mol. The number of alkyl halides is 3. The van der Waals surface area contributed by atoms with Crippen LogP contribution in [0.4, 0.5) is 13.2 Å². The standard InChI is InChI=1S/C21H14F3OS2/c1-13(25)14-6-11-20-18(12-14)17-4-2-3-5-19(17)27(20)16-9-7-15(8-10-16)26-21(22,23)24/h2-12H,1H3/q+1. The van der Waals surface area contributed by atoms with E-state index in [1.165, 1.54) is 12.1 Å². The predicted octanol–water partition coefficient (Wildman–Crippen LogP) is 7.55. The Labute approximate surface area is 160 Å². The minimum Gasteiger partial charge on any atom is -0.295 e. The summed E-state index contributed by atoms with van der Waals surface area (Å²) in [5.41, 5.74) is -3.63. The number of hydrogen-bond acceptors (Lipinski definition) is 2. The molecule has 0 aliphatic heterocycles. The lowest BCUT2D eigenvalue weighted by molar-refractivity contribution is -0.0328. The maximum absolute atomic E-state index is 12.6. The lowest BCUT2D eigenvalue weighted by Crippen LogP contribution is -1.98. The second-order valence-electron chi connectivity index (χ2n) is 6.09. The van der Waals surface area contributed by atoms with Gasteiger partial charge in [0, 0.05) is 31.7 Å². The summed E-state index contributed by atoms with van der Waals surface area (Å²) in [4.78, 5) is 12.9. The summed E-state index contributed by atoms with van der Waals surface area (Å²) in [5, 5.41) is 2.10. The Bertz CT molecular complexity index is 1160. The van der Waals surface area contributed by atoms with Crippen LogP contribution in [0.3, 0.4) is 0 Å². The highest BCUT2D eigenvalue weighted by molar-refractivity contribution is 8.00. The molecule has 0 saturated heterocycles. The first kappa shape index (κ1) is 18.1. The van der Waals surface area contributed by atoms with Crippen LogP contribution in [0.15, 0.2) is 71.6 Å². The second-order valence-corrected chi connectivity index (χ2v) is 9.19. The van der Waals surface area contributed by atoms with E-state index in [-0.39, 0.29) is 22.4 Å². The fraction of sp³-hybridized carbons (Fsp3) is 0.0952. The number of thiophene rings is 1. The van der Waals surface area contributed by atoms with E-state index >= 15 is 0 Å². The number of carbonyl (C=O) groups is 1. The van der Waals surface area contributed by atoms with E-state index in [0.717, 1.165) is 25.1 Å². The van der Waals surface area contributed by atoms with Gasteiger partial charge in [-0.2, -0.15) is 13.2 Å². The van der Waals surface area contributed by atoms with Crippen molar-refractivity contribution in [1.82, 2.24) is 0 Å². The van der Waals surface area contributed by atoms with Crippen molar-refractivity contribution in [3.63, 3.8) is 0 Å². The molecule has 0 radical (unpaired) electrons. The average molecular weight is 403 g/mol. The summed E-state index contributed by atoms with van der Waals surface area (Å²) in [6.07, 6.45) is 0. The Morgan fingerprint density at radius 2 is 1.56 bits per heavy atom. The van der Waals surface area contributed by atoms with Gasteiger partial charge in [0.25, 0.3) is 0 Å². The quantitative estimate of drug-likeness (QED) is 0.200. The minimum atomic E-state index is -4.29. The highest BCUT2D eigenvalue weighted by Crippen LogP contribution is 2.49. The van der Waals surface area contributed by atoms with E-state index in [9.17, 15) is 18.0 Å². The van der Waals surface area contributed by atoms with Crippen molar-refractivity contribution < 1.29 is 18.0 Å². The third-order valence-electron chi connectivity index (χ3n) is 4.30. The molecule has 1 unspecified atom stereocenters. The molecule has 1 atom stereocenters. The molecule has 1 heterocycles. The third kappa shape index (κ3) is 3.47. The van der Waals surface area contributed by atoms with Crippen molar-refractivity contribution in [3.8, 4) is 4.90 Å². The smallest absolute Gasteiger partial charge is 0.295 e. The highest BCUT2D eigenvalue weighted by Gasteiger charge is 2.30. The van der Waals surface area contributed by atoms with E-state index in [2.05, 4.69) is 0 Å². The lowest BCUT2D eigenvalue weighted by Gasteiger charge is -2.04. The topological polar surface area (TPSA) is 17.1 Å². The van der Waals surface area contributed by atoms with Crippen LogP contribution in [-0.4, -0.2) is 11.3 Å². The predicted molar refractivity (Wildman–Crippen MR) is 107 cm³/mol. The maximum Gasteiger partial charge on any atom is 0.446 e. The SMILES string of the molecule is CC(=O)c1ccc2c(c1)c1ccccc1[s+]2-c1ccc(SC(F)(F)F)cc1. The summed E-state index contributed by atoms with van der Waals surface area (Å²) < 4.78 is 40.0. The van der Waals surface area contributed by atoms with Gasteiger partial charge in [0.1, 0.15) is 0 Å². The fourth-order valence-electron chi connectivity index (χ4n) is 3.15. The molecule has 0 fully saturated rings. The number of rotatable bonds is 3. The van der Waals surface area contributed by atoms with Gasteiger partial charge < -0.3 is 0 Å². The maximum atomic E-state index is 12.6. The molecule has 1 aromatic heterocycles. The van der Waals surface area contributed by atoms with Crippen LogP contribution in [0.5, 0.6) is 0 Å². The molecule has 1 nitrogen and oxygen atoms in total. The van der Waals surface area contributed by atoms with Gasteiger partial charge in [0.2, 0.25) is 0 Å². The number of Topliss-reactive ketones (excluding diaryl/α,β-unsaturated/α-hetero) is 1. The Hall–Kier alpha value is -2.31. The molecule has 0 N–H and O–H groups in total. The van der Waals surface area contributed by atoms with Gasteiger partial charge in [0.05, 0.1) is 0 Å². The largest absolute Gasteiger partial charge is 0.446 e. The molecular formula is C21H14F3OS2+. The number of benzene rings is 3. The molecule has 0 saturated carbocycles. The number of fused-ring (bicyclic) bond motifs is 3. The van der Waals surface area contributed by atoms with Crippen LogP contribution < -0.4 is 0 Å². The number of hydrogen-bond donors (Lipinski definition) is 0. The normalized spacial score (nSPS) is 12.7. The number of halogens is 3. The Morgan fingerprint density at radius 1 is 0.889 bits per heavy atom. The molecule has 0 spiro atoms.